The summed E-state index contributed by atoms with van der Waals surface area (Å²) in [4.78, 5) is 8.96. The molecule has 2 heterocycles. The average Bonchev–Trinajstić information content (AvgIpc) is 2.77. The number of rotatable bonds is 2. The lowest BCUT2D eigenvalue weighted by molar-refractivity contribution is 0.948. The zero-order valence-electron chi connectivity index (χ0n) is 10.2. The fourth-order valence-corrected chi connectivity index (χ4v) is 2.09. The van der Waals surface area contributed by atoms with Gasteiger partial charge in [-0.2, -0.15) is 0 Å². The molecule has 0 aliphatic rings. The zero-order chi connectivity index (χ0) is 12.5. The Bertz CT molecular complexity index is 686. The Labute approximate surface area is 105 Å². The molecule has 1 aromatic carbocycles. The average molecular weight is 238 g/mol. The molecule has 0 unspecified atom stereocenters. The third kappa shape index (κ3) is 1.67. The molecule has 2 aromatic heterocycles. The largest absolute Gasteiger partial charge is 0.326 e. The van der Waals surface area contributed by atoms with Gasteiger partial charge >= 0.3 is 0 Å². The molecule has 4 heteroatoms. The summed E-state index contributed by atoms with van der Waals surface area (Å²) >= 11 is 0. The Morgan fingerprint density at radius 1 is 1.22 bits per heavy atom. The molecule has 0 saturated heterocycles. The molecule has 2 N–H and O–H groups in total. The molecule has 0 spiro atoms. The highest BCUT2D eigenvalue weighted by molar-refractivity contribution is 5.80. The first-order valence-corrected chi connectivity index (χ1v) is 5.86. The van der Waals surface area contributed by atoms with Crippen LogP contribution in [0.15, 0.2) is 42.6 Å². The lowest BCUT2D eigenvalue weighted by atomic mass is 10.2. The van der Waals surface area contributed by atoms with Crippen LogP contribution in [0.2, 0.25) is 0 Å². The topological polar surface area (TPSA) is 56.7 Å². The van der Waals surface area contributed by atoms with Gasteiger partial charge in [0.2, 0.25) is 0 Å². The maximum absolute atomic E-state index is 5.67. The second-order valence-corrected chi connectivity index (χ2v) is 4.24. The lowest BCUT2D eigenvalue weighted by Gasteiger charge is -2.01. The molecule has 0 aliphatic heterocycles. The second kappa shape index (κ2) is 4.23. The van der Waals surface area contributed by atoms with Crippen molar-refractivity contribution in [3.05, 3.63) is 48.2 Å². The van der Waals surface area contributed by atoms with E-state index in [2.05, 4.69) is 20.6 Å². The molecule has 18 heavy (non-hydrogen) atoms. The minimum atomic E-state index is 0.542. The number of nitrogens with zero attached hydrogens (tertiary/aromatic N) is 3. The monoisotopic (exact) mass is 238 g/mol. The maximum atomic E-state index is 5.67. The van der Waals surface area contributed by atoms with Gasteiger partial charge in [0.25, 0.3) is 0 Å². The van der Waals surface area contributed by atoms with Gasteiger partial charge in [-0.3, -0.25) is 4.98 Å². The highest BCUT2D eigenvalue weighted by Gasteiger charge is 2.10. The second-order valence-electron chi connectivity index (χ2n) is 4.24. The number of aromatic nitrogens is 3. The van der Waals surface area contributed by atoms with E-state index in [9.17, 15) is 0 Å². The summed E-state index contributed by atoms with van der Waals surface area (Å²) in [5.41, 5.74) is 9.71. The zero-order valence-corrected chi connectivity index (χ0v) is 10.2. The number of hydrogen-bond acceptors (Lipinski definition) is 3. The van der Waals surface area contributed by atoms with Crippen molar-refractivity contribution in [2.75, 3.05) is 0 Å². The van der Waals surface area contributed by atoms with E-state index >= 15 is 0 Å². The molecule has 0 aliphatic carbocycles. The Balaban J connectivity index is 2.23. The Kier molecular flexibility index (Phi) is 2.57. The highest BCUT2D eigenvalue weighted by atomic mass is 15.1. The first kappa shape index (κ1) is 10.9. The first-order chi connectivity index (χ1) is 8.79. The minimum absolute atomic E-state index is 0.542. The fourth-order valence-electron chi connectivity index (χ4n) is 2.09. The third-order valence-corrected chi connectivity index (χ3v) is 3.07. The van der Waals surface area contributed by atoms with Gasteiger partial charge in [0.1, 0.15) is 5.69 Å². The van der Waals surface area contributed by atoms with Crippen LogP contribution in [0.5, 0.6) is 0 Å². The number of hydrogen-bond donors (Lipinski definition) is 1. The number of pyridine rings is 1. The molecule has 0 radical (unpaired) electrons. The summed E-state index contributed by atoms with van der Waals surface area (Å²) in [6.45, 7) is 0.542. The summed E-state index contributed by atoms with van der Waals surface area (Å²) in [5.74, 6) is 0.875. The van der Waals surface area contributed by atoms with Crippen LogP contribution in [-0.2, 0) is 13.6 Å². The van der Waals surface area contributed by atoms with E-state index in [0.717, 1.165) is 28.1 Å². The van der Waals surface area contributed by atoms with E-state index in [1.807, 2.05) is 37.4 Å². The number of nitrogens with two attached hydrogens (primary N) is 1. The molecule has 3 aromatic rings. The van der Waals surface area contributed by atoms with Crippen molar-refractivity contribution in [1.82, 2.24) is 14.5 Å². The van der Waals surface area contributed by atoms with Crippen LogP contribution < -0.4 is 5.73 Å². The number of aryl methyl sites for hydroxylation is 1. The molecular formula is C14H14N4. The van der Waals surface area contributed by atoms with E-state index in [1.54, 1.807) is 6.20 Å². The van der Waals surface area contributed by atoms with E-state index < -0.39 is 0 Å². The van der Waals surface area contributed by atoms with Crippen LogP contribution in [0.4, 0.5) is 0 Å². The van der Waals surface area contributed by atoms with Crippen molar-refractivity contribution in [3.63, 3.8) is 0 Å². The summed E-state index contributed by atoms with van der Waals surface area (Å²) in [6, 6.07) is 11.9. The van der Waals surface area contributed by atoms with Crippen LogP contribution in [0.1, 0.15) is 5.56 Å². The van der Waals surface area contributed by atoms with Crippen molar-refractivity contribution in [2.45, 2.75) is 6.54 Å². The number of imidazole rings is 1. The van der Waals surface area contributed by atoms with Gasteiger partial charge in [0, 0.05) is 19.8 Å². The van der Waals surface area contributed by atoms with Gasteiger partial charge in [-0.05, 0) is 29.8 Å². The van der Waals surface area contributed by atoms with Gasteiger partial charge in [0.05, 0.1) is 11.0 Å². The standard InChI is InChI=1S/C14H14N4/c1-18-13-8-10(9-15)5-6-11(13)17-14(18)12-4-2-3-7-16-12/h2-8H,9,15H2,1H3. The van der Waals surface area contributed by atoms with Gasteiger partial charge < -0.3 is 10.3 Å². The number of fused-ring (bicyclic) bond motifs is 1. The molecule has 90 valence electrons. The molecule has 4 nitrogen and oxygen atoms in total. The minimum Gasteiger partial charge on any atom is -0.326 e. The van der Waals surface area contributed by atoms with E-state index in [4.69, 9.17) is 5.73 Å². The third-order valence-electron chi connectivity index (χ3n) is 3.07. The predicted octanol–water partition coefficient (Wildman–Crippen LogP) is 2.09. The Hall–Kier alpha value is -2.20. The lowest BCUT2D eigenvalue weighted by Crippen LogP contribution is -1.97. The molecule has 0 amide bonds. The normalized spacial score (nSPS) is 11.0. The van der Waals surface area contributed by atoms with Gasteiger partial charge in [0.15, 0.2) is 5.82 Å². The number of benzene rings is 1. The van der Waals surface area contributed by atoms with Gasteiger partial charge in [-0.1, -0.05) is 12.1 Å². The van der Waals surface area contributed by atoms with Crippen LogP contribution in [0.3, 0.4) is 0 Å². The van der Waals surface area contributed by atoms with Gasteiger partial charge in [-0.25, -0.2) is 4.98 Å². The first-order valence-electron chi connectivity index (χ1n) is 5.86. The van der Waals surface area contributed by atoms with Crippen LogP contribution in [-0.4, -0.2) is 14.5 Å². The maximum Gasteiger partial charge on any atom is 0.159 e. The molecule has 0 bridgehead atoms. The summed E-state index contributed by atoms with van der Waals surface area (Å²) in [5, 5.41) is 0. The smallest absolute Gasteiger partial charge is 0.159 e. The molecule has 0 saturated carbocycles. The van der Waals surface area contributed by atoms with Gasteiger partial charge in [-0.15, -0.1) is 0 Å². The predicted molar refractivity (Wildman–Crippen MR) is 71.8 cm³/mol. The molecule has 3 rings (SSSR count). The quantitative estimate of drug-likeness (QED) is 0.743. The SMILES string of the molecule is Cn1c(-c2ccccn2)nc2ccc(CN)cc21. The summed E-state index contributed by atoms with van der Waals surface area (Å²) in [6.07, 6.45) is 1.78. The Morgan fingerprint density at radius 2 is 2.11 bits per heavy atom. The van der Waals surface area contributed by atoms with E-state index in [0.29, 0.717) is 6.54 Å². The van der Waals surface area contributed by atoms with Crippen LogP contribution in [0, 0.1) is 0 Å². The van der Waals surface area contributed by atoms with Crippen molar-refractivity contribution in [2.24, 2.45) is 12.8 Å². The van der Waals surface area contributed by atoms with Crippen LogP contribution >= 0.6 is 0 Å². The van der Waals surface area contributed by atoms with E-state index in [-0.39, 0.29) is 0 Å². The molecule has 0 atom stereocenters. The van der Waals surface area contributed by atoms with E-state index in [1.165, 1.54) is 0 Å². The summed E-state index contributed by atoms with van der Waals surface area (Å²) in [7, 11) is 2.00. The Morgan fingerprint density at radius 3 is 2.83 bits per heavy atom. The van der Waals surface area contributed by atoms with Crippen molar-refractivity contribution in [3.8, 4) is 11.5 Å². The molecular weight excluding hydrogens is 224 g/mol. The van der Waals surface area contributed by atoms with Crippen LogP contribution in [0.25, 0.3) is 22.6 Å². The highest BCUT2D eigenvalue weighted by Crippen LogP contribution is 2.22. The fraction of sp³-hybridized carbons (Fsp3) is 0.143. The summed E-state index contributed by atoms with van der Waals surface area (Å²) < 4.78 is 2.05. The van der Waals surface area contributed by atoms with Crippen molar-refractivity contribution in [1.29, 1.82) is 0 Å². The molecule has 0 fully saturated rings. The van der Waals surface area contributed by atoms with Crippen molar-refractivity contribution < 1.29 is 0 Å². The van der Waals surface area contributed by atoms with Crippen molar-refractivity contribution >= 4 is 11.0 Å².